The molecule has 212 valence electrons. The van der Waals surface area contributed by atoms with Gasteiger partial charge in [0.05, 0.1) is 33.0 Å². The molecule has 0 aromatic heterocycles. The number of ether oxygens (including phenoxy) is 3. The molecular weight excluding hydrogens is 506 g/mol. The monoisotopic (exact) mass is 549 g/mol. The fourth-order valence-electron chi connectivity index (χ4n) is 6.12. The highest BCUT2D eigenvalue weighted by molar-refractivity contribution is 6.30. The highest BCUT2D eigenvalue weighted by Gasteiger charge is 2.50. The van der Waals surface area contributed by atoms with Crippen LogP contribution < -0.4 is 0 Å². The first kappa shape index (κ1) is 30.2. The highest BCUT2D eigenvalue weighted by atomic mass is 35.5. The number of nitrogens with zero attached hydrogens (tertiary/aromatic N) is 3. The van der Waals surface area contributed by atoms with Gasteiger partial charge < -0.3 is 24.0 Å². The van der Waals surface area contributed by atoms with Crippen LogP contribution in [0.5, 0.6) is 0 Å². The summed E-state index contributed by atoms with van der Waals surface area (Å²) in [5, 5.41) is 0.756. The van der Waals surface area contributed by atoms with Gasteiger partial charge >= 0.3 is 12.1 Å². The first-order valence-electron chi connectivity index (χ1n) is 13.8. The topological polar surface area (TPSA) is 80.7 Å². The molecule has 3 rings (SSSR count). The van der Waals surface area contributed by atoms with Gasteiger partial charge in [-0.2, -0.15) is 0 Å². The molecule has 8 nitrogen and oxygen atoms in total. The molecule has 38 heavy (non-hydrogen) atoms. The molecule has 0 bridgehead atoms. The Morgan fingerprint density at radius 1 is 1.13 bits per heavy atom. The van der Waals surface area contributed by atoms with Crippen LogP contribution in [0.1, 0.15) is 76.3 Å². The second-order valence-electron chi connectivity index (χ2n) is 10.8. The number of halogens is 1. The number of carbonyl (C=O) groups is 2. The lowest BCUT2D eigenvalue weighted by Crippen LogP contribution is -2.50. The zero-order valence-corrected chi connectivity index (χ0v) is 24.3. The van der Waals surface area contributed by atoms with Crippen molar-refractivity contribution in [3.8, 4) is 0 Å². The van der Waals surface area contributed by atoms with E-state index >= 15 is 0 Å². The van der Waals surface area contributed by atoms with Crippen LogP contribution in [0.2, 0.25) is 5.02 Å². The smallest absolute Gasteiger partial charge is 0.469 e. The van der Waals surface area contributed by atoms with Gasteiger partial charge in [-0.1, -0.05) is 49.9 Å². The second kappa shape index (κ2) is 14.2. The molecular formula is C29H44ClN3O5. The van der Waals surface area contributed by atoms with E-state index in [-0.39, 0.29) is 24.9 Å². The van der Waals surface area contributed by atoms with Crippen molar-refractivity contribution in [2.45, 2.75) is 82.5 Å². The molecule has 1 saturated carbocycles. The minimum atomic E-state index is -1.17. The summed E-state index contributed by atoms with van der Waals surface area (Å²) < 4.78 is 15.6. The average Bonchev–Trinajstić information content (AvgIpc) is 3.24. The zero-order chi connectivity index (χ0) is 27.7. The van der Waals surface area contributed by atoms with Crippen LogP contribution in [-0.2, 0) is 19.0 Å². The number of benzene rings is 1. The normalized spacial score (nSPS) is 25.9. The summed E-state index contributed by atoms with van der Waals surface area (Å²) in [4.78, 5) is 33.6. The average molecular weight is 550 g/mol. The lowest BCUT2D eigenvalue weighted by atomic mass is 9.73. The van der Waals surface area contributed by atoms with Gasteiger partial charge in [-0.15, -0.1) is 0 Å². The lowest BCUT2D eigenvalue weighted by Gasteiger charge is -2.41. The number of hydrogen-bond donors (Lipinski definition) is 0. The molecule has 3 unspecified atom stereocenters. The first-order valence-corrected chi connectivity index (χ1v) is 14.2. The van der Waals surface area contributed by atoms with Gasteiger partial charge in [0.2, 0.25) is 5.72 Å². The van der Waals surface area contributed by atoms with E-state index in [1.54, 1.807) is 6.34 Å². The molecule has 1 fully saturated rings. The van der Waals surface area contributed by atoms with Gasteiger partial charge in [-0.3, -0.25) is 4.79 Å². The van der Waals surface area contributed by atoms with Crippen molar-refractivity contribution in [1.29, 1.82) is 0 Å². The van der Waals surface area contributed by atoms with Gasteiger partial charge in [0.25, 0.3) is 0 Å². The summed E-state index contributed by atoms with van der Waals surface area (Å²) in [7, 11) is 6.95. The van der Waals surface area contributed by atoms with E-state index in [9.17, 15) is 9.59 Å². The number of esters is 1. The minimum Gasteiger partial charge on any atom is -0.469 e. The number of aliphatic imine (C=N–C) groups is 1. The fourth-order valence-corrected chi connectivity index (χ4v) is 6.25. The molecule has 1 heterocycles. The SMILES string of the molecule is CCCCN1C=NC(CCC(=O)OC)(OC(=O)OC)C1CC1CCC(C(c2ccc(Cl)cc2)N(C)C)CC1. The summed E-state index contributed by atoms with van der Waals surface area (Å²) in [6.45, 7) is 2.98. The summed E-state index contributed by atoms with van der Waals surface area (Å²) in [6.07, 6.45) is 8.69. The molecule has 1 aliphatic heterocycles. The maximum absolute atomic E-state index is 12.3. The van der Waals surface area contributed by atoms with Crippen LogP contribution in [0.25, 0.3) is 0 Å². The summed E-state index contributed by atoms with van der Waals surface area (Å²) in [5.74, 6) is 0.666. The predicted octanol–water partition coefficient (Wildman–Crippen LogP) is 6.08. The quantitative estimate of drug-likeness (QED) is 0.292. The van der Waals surface area contributed by atoms with Gasteiger partial charge in [0.15, 0.2) is 0 Å². The third-order valence-corrected chi connectivity index (χ3v) is 8.37. The van der Waals surface area contributed by atoms with Crippen LogP contribution in [0.15, 0.2) is 29.3 Å². The largest absolute Gasteiger partial charge is 0.510 e. The second-order valence-corrected chi connectivity index (χ2v) is 11.2. The third kappa shape index (κ3) is 7.63. The lowest BCUT2D eigenvalue weighted by molar-refractivity contribution is -0.143. The van der Waals surface area contributed by atoms with Crippen LogP contribution in [-0.4, -0.2) is 74.9 Å². The number of hydrogen-bond acceptors (Lipinski definition) is 8. The Bertz CT molecular complexity index is 933. The summed E-state index contributed by atoms with van der Waals surface area (Å²) >= 11 is 6.14. The van der Waals surface area contributed by atoms with Crippen molar-refractivity contribution in [3.63, 3.8) is 0 Å². The van der Waals surface area contributed by atoms with Crippen molar-refractivity contribution in [1.82, 2.24) is 9.80 Å². The van der Waals surface area contributed by atoms with E-state index in [1.807, 2.05) is 12.1 Å². The van der Waals surface area contributed by atoms with E-state index in [0.717, 1.165) is 56.5 Å². The Hall–Kier alpha value is -2.32. The third-order valence-electron chi connectivity index (χ3n) is 8.12. The minimum absolute atomic E-state index is 0.112. The number of unbranched alkanes of at least 4 members (excludes halogenated alkanes) is 1. The molecule has 3 atom stereocenters. The Kier molecular flexibility index (Phi) is 11.3. The van der Waals surface area contributed by atoms with E-state index in [1.165, 1.54) is 19.8 Å². The van der Waals surface area contributed by atoms with Crippen molar-refractivity contribution in [2.75, 3.05) is 34.9 Å². The molecule has 1 aromatic carbocycles. The van der Waals surface area contributed by atoms with E-state index < -0.39 is 11.9 Å². The molecule has 9 heteroatoms. The first-order chi connectivity index (χ1) is 18.2. The van der Waals surface area contributed by atoms with E-state index in [2.05, 4.69) is 43.0 Å². The molecule has 0 spiro atoms. The van der Waals surface area contributed by atoms with Gasteiger partial charge in [0.1, 0.15) is 0 Å². The standard InChI is InChI=1S/C29H44ClN3O5/c1-6-7-18-33-20-31-29(38-28(35)37-5,17-16-26(34)36-4)25(33)19-21-8-10-22(11-9-21)27(32(2)3)23-12-14-24(30)15-13-23/h12-15,20-22,25,27H,6-11,16-19H2,1-5H3. The Labute approximate surface area is 232 Å². The van der Waals surface area contributed by atoms with Crippen LogP contribution in [0.4, 0.5) is 4.79 Å². The Balaban J connectivity index is 1.75. The van der Waals surface area contributed by atoms with Gasteiger partial charge in [-0.05, 0) is 69.3 Å². The highest BCUT2D eigenvalue weighted by Crippen LogP contribution is 2.44. The number of methoxy groups -OCH3 is 2. The van der Waals surface area contributed by atoms with Crippen LogP contribution >= 0.6 is 11.6 Å². The molecule has 0 saturated heterocycles. The zero-order valence-electron chi connectivity index (χ0n) is 23.5. The molecule has 0 radical (unpaired) electrons. The van der Waals surface area contributed by atoms with E-state index in [0.29, 0.717) is 17.9 Å². The molecule has 1 aromatic rings. The van der Waals surface area contributed by atoms with Crippen molar-refractivity contribution < 1.29 is 23.8 Å². The van der Waals surface area contributed by atoms with Crippen LogP contribution in [0.3, 0.4) is 0 Å². The molecule has 2 aliphatic rings. The Morgan fingerprint density at radius 2 is 1.82 bits per heavy atom. The van der Waals surface area contributed by atoms with Gasteiger partial charge in [-0.25, -0.2) is 9.79 Å². The predicted molar refractivity (Wildman–Crippen MR) is 149 cm³/mol. The van der Waals surface area contributed by atoms with Crippen molar-refractivity contribution >= 4 is 30.1 Å². The fraction of sp³-hybridized carbons (Fsp3) is 0.690. The summed E-state index contributed by atoms with van der Waals surface area (Å²) in [5.41, 5.74) is 0.132. The van der Waals surface area contributed by atoms with E-state index in [4.69, 9.17) is 30.8 Å². The maximum Gasteiger partial charge on any atom is 0.510 e. The molecule has 1 aliphatic carbocycles. The van der Waals surface area contributed by atoms with Crippen molar-refractivity contribution in [2.24, 2.45) is 16.8 Å². The molecule has 0 amide bonds. The summed E-state index contributed by atoms with van der Waals surface area (Å²) in [6, 6.07) is 8.41. The maximum atomic E-state index is 12.3. The van der Waals surface area contributed by atoms with Crippen molar-refractivity contribution in [3.05, 3.63) is 34.9 Å². The Morgan fingerprint density at radius 3 is 2.39 bits per heavy atom. The van der Waals surface area contributed by atoms with Crippen LogP contribution in [0, 0.1) is 11.8 Å². The molecule has 0 N–H and O–H groups in total. The number of rotatable bonds is 12. The van der Waals surface area contributed by atoms with Gasteiger partial charge in [0, 0.05) is 24.0 Å². The number of carbonyl (C=O) groups excluding carboxylic acids is 2.